The predicted octanol–water partition coefficient (Wildman–Crippen LogP) is 2.64. The zero-order valence-electron chi connectivity index (χ0n) is 6.95. The molecule has 0 aliphatic rings. The van der Waals surface area contributed by atoms with Crippen LogP contribution in [0.5, 0.6) is 0 Å². The van der Waals surface area contributed by atoms with Crippen LogP contribution in [0.25, 0.3) is 0 Å². The SMILES string of the molecule is Cc1c(Br)cnc(Cl)c1C(=O)ON=O. The lowest BCUT2D eigenvalue weighted by Crippen LogP contribution is -2.05. The molecule has 0 radical (unpaired) electrons. The Hall–Kier alpha value is -1.01. The molecular weight excluding hydrogens is 275 g/mol. The van der Waals surface area contributed by atoms with Gasteiger partial charge in [-0.3, -0.25) is 4.84 Å². The molecule has 0 aliphatic heterocycles. The van der Waals surface area contributed by atoms with E-state index in [4.69, 9.17) is 11.6 Å². The van der Waals surface area contributed by atoms with Crippen molar-refractivity contribution >= 4 is 33.5 Å². The minimum absolute atomic E-state index is 0.0284. The number of carbonyl (C=O) groups is 1. The molecule has 0 saturated carbocycles. The maximum Gasteiger partial charge on any atom is 0.372 e. The minimum atomic E-state index is -0.920. The molecule has 0 aromatic carbocycles. The summed E-state index contributed by atoms with van der Waals surface area (Å²) in [6.45, 7) is 1.64. The number of rotatable bonds is 2. The summed E-state index contributed by atoms with van der Waals surface area (Å²) in [7, 11) is 0. The summed E-state index contributed by atoms with van der Waals surface area (Å²) in [4.78, 5) is 28.6. The summed E-state index contributed by atoms with van der Waals surface area (Å²) < 4.78 is 0.597. The molecule has 0 saturated heterocycles. The number of carbonyl (C=O) groups excluding carboxylic acids is 1. The van der Waals surface area contributed by atoms with Gasteiger partial charge in [0.1, 0.15) is 10.7 Å². The van der Waals surface area contributed by atoms with Gasteiger partial charge in [0.15, 0.2) is 5.34 Å². The van der Waals surface area contributed by atoms with Crippen molar-refractivity contribution in [2.24, 2.45) is 5.34 Å². The lowest BCUT2D eigenvalue weighted by atomic mass is 10.2. The Balaban J connectivity index is 3.25. The largest absolute Gasteiger partial charge is 0.372 e. The second kappa shape index (κ2) is 4.47. The van der Waals surface area contributed by atoms with Crippen LogP contribution in [-0.4, -0.2) is 11.0 Å². The Bertz CT molecular complexity index is 397. The van der Waals surface area contributed by atoms with E-state index in [2.05, 4.69) is 25.8 Å². The normalized spacial score (nSPS) is 9.64. The van der Waals surface area contributed by atoms with E-state index in [1.54, 1.807) is 6.92 Å². The first-order chi connectivity index (χ1) is 6.57. The van der Waals surface area contributed by atoms with Gasteiger partial charge in [-0.25, -0.2) is 9.78 Å². The molecule has 1 aromatic rings. The molecule has 5 nitrogen and oxygen atoms in total. The van der Waals surface area contributed by atoms with Crippen molar-refractivity contribution in [3.63, 3.8) is 0 Å². The Morgan fingerprint density at radius 2 is 2.36 bits per heavy atom. The highest BCUT2D eigenvalue weighted by Crippen LogP contribution is 2.24. The van der Waals surface area contributed by atoms with E-state index in [-0.39, 0.29) is 10.7 Å². The number of hydrogen-bond acceptors (Lipinski definition) is 5. The Morgan fingerprint density at radius 3 is 2.93 bits per heavy atom. The molecule has 1 aromatic heterocycles. The molecule has 0 spiro atoms. The highest BCUT2D eigenvalue weighted by atomic mass is 79.9. The monoisotopic (exact) mass is 278 g/mol. The summed E-state index contributed by atoms with van der Waals surface area (Å²) >= 11 is 8.82. The maximum absolute atomic E-state index is 11.2. The third kappa shape index (κ3) is 2.08. The van der Waals surface area contributed by atoms with Gasteiger partial charge in [-0.1, -0.05) is 11.6 Å². The molecule has 1 rings (SSSR count). The van der Waals surface area contributed by atoms with Gasteiger partial charge >= 0.3 is 5.97 Å². The van der Waals surface area contributed by atoms with E-state index in [9.17, 15) is 9.70 Å². The van der Waals surface area contributed by atoms with Crippen molar-refractivity contribution in [1.82, 2.24) is 4.98 Å². The van der Waals surface area contributed by atoms with E-state index in [1.807, 2.05) is 5.34 Å². The number of aromatic nitrogens is 1. The van der Waals surface area contributed by atoms with Gasteiger partial charge in [-0.2, -0.15) is 0 Å². The fourth-order valence-corrected chi connectivity index (χ4v) is 1.43. The molecule has 0 N–H and O–H groups in total. The van der Waals surface area contributed by atoms with Gasteiger partial charge in [0.2, 0.25) is 0 Å². The number of pyridine rings is 1. The fourth-order valence-electron chi connectivity index (χ4n) is 0.866. The van der Waals surface area contributed by atoms with Crippen LogP contribution >= 0.6 is 27.5 Å². The van der Waals surface area contributed by atoms with Crippen LogP contribution in [0.4, 0.5) is 0 Å². The smallest absolute Gasteiger partial charge is 0.279 e. The van der Waals surface area contributed by atoms with Crippen molar-refractivity contribution in [1.29, 1.82) is 0 Å². The van der Waals surface area contributed by atoms with Crippen LogP contribution in [0.3, 0.4) is 0 Å². The molecule has 0 atom stereocenters. The van der Waals surface area contributed by atoms with Crippen molar-refractivity contribution in [3.8, 4) is 0 Å². The summed E-state index contributed by atoms with van der Waals surface area (Å²) in [5.41, 5.74) is 0.569. The first-order valence-corrected chi connectivity index (χ1v) is 4.59. The molecular formula is C7H4BrClN2O3. The summed E-state index contributed by atoms with van der Waals surface area (Å²) in [5.74, 6) is -0.920. The standard InChI is InChI=1S/C7H4BrClN2O3/c1-3-4(8)2-10-6(9)5(3)7(12)14-11-13/h2H,1H3. The molecule has 0 bridgehead atoms. The first kappa shape index (κ1) is 11.1. The van der Waals surface area contributed by atoms with Crippen molar-refractivity contribution in [3.05, 3.63) is 31.9 Å². The topological polar surface area (TPSA) is 68.6 Å². The second-order valence-corrected chi connectivity index (χ2v) is 3.56. The molecule has 0 aliphatic carbocycles. The van der Waals surface area contributed by atoms with Crippen LogP contribution < -0.4 is 0 Å². The van der Waals surface area contributed by atoms with E-state index >= 15 is 0 Å². The molecule has 74 valence electrons. The highest BCUT2D eigenvalue weighted by Gasteiger charge is 2.18. The van der Waals surface area contributed by atoms with E-state index in [0.717, 1.165) is 0 Å². The summed E-state index contributed by atoms with van der Waals surface area (Å²) in [6, 6.07) is 0. The Kier molecular flexibility index (Phi) is 3.54. The summed E-state index contributed by atoms with van der Waals surface area (Å²) in [5, 5.41) is 1.99. The second-order valence-electron chi connectivity index (χ2n) is 2.35. The van der Waals surface area contributed by atoms with Gasteiger partial charge in [0.05, 0.1) is 0 Å². The molecule has 1 heterocycles. The van der Waals surface area contributed by atoms with Crippen molar-refractivity contribution in [2.45, 2.75) is 6.92 Å². The van der Waals surface area contributed by atoms with Gasteiger partial charge in [-0.15, -0.1) is 4.91 Å². The molecule has 0 unspecified atom stereocenters. The minimum Gasteiger partial charge on any atom is -0.279 e. The zero-order valence-corrected chi connectivity index (χ0v) is 9.29. The maximum atomic E-state index is 11.2. The number of halogens is 2. The highest BCUT2D eigenvalue weighted by molar-refractivity contribution is 9.10. The van der Waals surface area contributed by atoms with Crippen molar-refractivity contribution < 1.29 is 9.63 Å². The van der Waals surface area contributed by atoms with Gasteiger partial charge in [0.25, 0.3) is 0 Å². The third-order valence-corrected chi connectivity index (χ3v) is 2.64. The van der Waals surface area contributed by atoms with Gasteiger partial charge in [0, 0.05) is 10.7 Å². The van der Waals surface area contributed by atoms with Crippen LogP contribution in [0.2, 0.25) is 5.15 Å². The van der Waals surface area contributed by atoms with Gasteiger partial charge < -0.3 is 0 Å². The third-order valence-electron chi connectivity index (χ3n) is 1.56. The molecule has 0 amide bonds. The van der Waals surface area contributed by atoms with Crippen LogP contribution in [0.15, 0.2) is 16.0 Å². The van der Waals surface area contributed by atoms with Crippen molar-refractivity contribution in [2.75, 3.05) is 0 Å². The average molecular weight is 279 g/mol. The van der Waals surface area contributed by atoms with E-state index < -0.39 is 5.97 Å². The summed E-state index contributed by atoms with van der Waals surface area (Å²) in [6.07, 6.45) is 1.45. The number of nitrogens with zero attached hydrogens (tertiary/aromatic N) is 2. The fraction of sp³-hybridized carbons (Fsp3) is 0.143. The molecule has 14 heavy (non-hydrogen) atoms. The Morgan fingerprint density at radius 1 is 1.71 bits per heavy atom. The predicted molar refractivity (Wildman–Crippen MR) is 52.9 cm³/mol. The van der Waals surface area contributed by atoms with E-state index in [0.29, 0.717) is 10.0 Å². The number of hydrogen-bond donors (Lipinski definition) is 0. The zero-order chi connectivity index (χ0) is 10.7. The lowest BCUT2D eigenvalue weighted by Gasteiger charge is -2.04. The molecule has 0 fully saturated rings. The van der Waals surface area contributed by atoms with Crippen LogP contribution in [0, 0.1) is 11.8 Å². The van der Waals surface area contributed by atoms with Crippen LogP contribution in [-0.2, 0) is 4.84 Å². The average Bonchev–Trinajstić information content (AvgIpc) is 2.13. The molecule has 7 heteroatoms. The Labute approximate surface area is 92.5 Å². The first-order valence-electron chi connectivity index (χ1n) is 3.42. The van der Waals surface area contributed by atoms with E-state index in [1.165, 1.54) is 6.20 Å². The quantitative estimate of drug-likeness (QED) is 0.474. The lowest BCUT2D eigenvalue weighted by molar-refractivity contribution is 0.0507. The van der Waals surface area contributed by atoms with Crippen LogP contribution in [0.1, 0.15) is 15.9 Å². The van der Waals surface area contributed by atoms with Gasteiger partial charge in [-0.05, 0) is 28.4 Å².